The van der Waals surface area contributed by atoms with Crippen molar-refractivity contribution in [3.8, 4) is 5.75 Å². The maximum atomic E-state index is 12.8. The highest BCUT2D eigenvalue weighted by Crippen LogP contribution is 2.27. The second-order valence-corrected chi connectivity index (χ2v) is 8.21. The second kappa shape index (κ2) is 6.98. The maximum Gasteiger partial charge on any atom is 0.241 e. The lowest BCUT2D eigenvalue weighted by Gasteiger charge is -2.31. The normalized spacial score (nSPS) is 14.9. The van der Waals surface area contributed by atoms with Gasteiger partial charge in [-0.15, -0.1) is 0 Å². The summed E-state index contributed by atoms with van der Waals surface area (Å²) in [5.74, 6) is 1.02. The van der Waals surface area contributed by atoms with Crippen molar-refractivity contribution >= 4 is 10.0 Å². The first-order valence-electron chi connectivity index (χ1n) is 7.44. The highest BCUT2D eigenvalue weighted by molar-refractivity contribution is 7.89. The topological polar surface area (TPSA) is 81.4 Å². The Balaban J connectivity index is 3.22. The van der Waals surface area contributed by atoms with E-state index in [2.05, 4.69) is 4.72 Å². The van der Waals surface area contributed by atoms with Crippen molar-refractivity contribution in [1.29, 1.82) is 0 Å². The molecule has 5 nitrogen and oxygen atoms in total. The van der Waals surface area contributed by atoms with Gasteiger partial charge in [0.2, 0.25) is 10.0 Å². The minimum Gasteiger partial charge on any atom is -0.496 e. The number of sulfonamides is 1. The van der Waals surface area contributed by atoms with E-state index >= 15 is 0 Å². The molecule has 3 N–H and O–H groups in total. The van der Waals surface area contributed by atoms with Crippen molar-refractivity contribution < 1.29 is 13.2 Å². The summed E-state index contributed by atoms with van der Waals surface area (Å²) < 4.78 is 33.5. The van der Waals surface area contributed by atoms with Gasteiger partial charge in [-0.3, -0.25) is 0 Å². The molecule has 22 heavy (non-hydrogen) atoms. The molecule has 0 aliphatic carbocycles. The molecule has 0 bridgehead atoms. The van der Waals surface area contributed by atoms with Gasteiger partial charge in [-0.25, -0.2) is 13.1 Å². The van der Waals surface area contributed by atoms with Gasteiger partial charge in [0.05, 0.1) is 12.0 Å². The first-order valence-corrected chi connectivity index (χ1v) is 8.92. The molecule has 1 aromatic rings. The fourth-order valence-corrected chi connectivity index (χ4v) is 4.46. The zero-order valence-electron chi connectivity index (χ0n) is 14.4. The Hall–Kier alpha value is -1.11. The zero-order valence-corrected chi connectivity index (χ0v) is 15.2. The Labute approximate surface area is 134 Å². The number of hydrogen-bond acceptors (Lipinski definition) is 4. The van der Waals surface area contributed by atoms with Crippen LogP contribution in [-0.4, -0.2) is 27.6 Å². The number of nitrogens with one attached hydrogen (secondary N) is 1. The summed E-state index contributed by atoms with van der Waals surface area (Å²) in [6.45, 7) is 9.77. The van der Waals surface area contributed by atoms with Crippen LogP contribution in [-0.2, 0) is 10.0 Å². The van der Waals surface area contributed by atoms with Gasteiger partial charge in [-0.1, -0.05) is 13.8 Å². The number of hydrogen-bond donors (Lipinski definition) is 2. The van der Waals surface area contributed by atoms with Crippen LogP contribution in [0.5, 0.6) is 5.75 Å². The summed E-state index contributed by atoms with van der Waals surface area (Å²) in [5, 5.41) is 0. The van der Waals surface area contributed by atoms with Gasteiger partial charge >= 0.3 is 0 Å². The summed E-state index contributed by atoms with van der Waals surface area (Å²) in [6.07, 6.45) is 0.677. The quantitative estimate of drug-likeness (QED) is 0.805. The average molecular weight is 328 g/mol. The van der Waals surface area contributed by atoms with Gasteiger partial charge < -0.3 is 10.5 Å². The molecule has 0 saturated heterocycles. The number of rotatable bonds is 7. The Bertz CT molecular complexity index is 627. The molecule has 1 rings (SSSR count). The molecule has 0 heterocycles. The van der Waals surface area contributed by atoms with Gasteiger partial charge in [0.1, 0.15) is 5.75 Å². The molecule has 0 aliphatic heterocycles. The van der Waals surface area contributed by atoms with Crippen LogP contribution >= 0.6 is 0 Å². The number of ether oxygens (including phenoxy) is 1. The van der Waals surface area contributed by atoms with Crippen molar-refractivity contribution in [3.05, 3.63) is 23.3 Å². The van der Waals surface area contributed by atoms with Gasteiger partial charge in [0.15, 0.2) is 0 Å². The molecule has 0 aromatic heterocycles. The molecule has 1 atom stereocenters. The van der Waals surface area contributed by atoms with Gasteiger partial charge in [-0.2, -0.15) is 0 Å². The molecule has 126 valence electrons. The van der Waals surface area contributed by atoms with E-state index in [1.807, 2.05) is 27.7 Å². The van der Waals surface area contributed by atoms with Crippen LogP contribution in [0.1, 0.15) is 38.3 Å². The number of nitrogens with two attached hydrogens (primary N) is 1. The Morgan fingerprint density at radius 3 is 2.32 bits per heavy atom. The van der Waals surface area contributed by atoms with Gasteiger partial charge in [0.25, 0.3) is 0 Å². The molecule has 0 fully saturated rings. The predicted octanol–water partition coefficient (Wildman–Crippen LogP) is 2.35. The zero-order chi connectivity index (χ0) is 17.1. The average Bonchev–Trinajstić information content (AvgIpc) is 2.39. The fourth-order valence-electron chi connectivity index (χ4n) is 2.72. The highest BCUT2D eigenvalue weighted by Gasteiger charge is 2.31. The monoisotopic (exact) mass is 328 g/mol. The summed E-state index contributed by atoms with van der Waals surface area (Å²) in [7, 11) is -2.07. The Morgan fingerprint density at radius 1 is 1.27 bits per heavy atom. The van der Waals surface area contributed by atoms with Crippen LogP contribution in [0.25, 0.3) is 0 Å². The van der Waals surface area contributed by atoms with Crippen LogP contribution < -0.4 is 15.2 Å². The third-order valence-corrected chi connectivity index (χ3v) is 5.45. The summed E-state index contributed by atoms with van der Waals surface area (Å²) in [4.78, 5) is 0.272. The molecular weight excluding hydrogens is 300 g/mol. The van der Waals surface area contributed by atoms with Crippen molar-refractivity contribution in [3.63, 3.8) is 0 Å². The first-order chi connectivity index (χ1) is 10.0. The lowest BCUT2D eigenvalue weighted by molar-refractivity contribution is 0.344. The Morgan fingerprint density at radius 2 is 1.86 bits per heavy atom. The summed E-state index contributed by atoms with van der Waals surface area (Å²) in [5.41, 5.74) is 6.58. The van der Waals surface area contributed by atoms with Crippen molar-refractivity contribution in [2.45, 2.75) is 51.5 Å². The van der Waals surface area contributed by atoms with Crippen molar-refractivity contribution in [2.24, 2.45) is 11.7 Å². The van der Waals surface area contributed by atoms with E-state index in [9.17, 15) is 8.42 Å². The predicted molar refractivity (Wildman–Crippen MR) is 89.7 cm³/mol. The van der Waals surface area contributed by atoms with E-state index in [4.69, 9.17) is 10.5 Å². The summed E-state index contributed by atoms with van der Waals surface area (Å²) >= 11 is 0. The van der Waals surface area contributed by atoms with Crippen molar-refractivity contribution in [2.75, 3.05) is 13.7 Å². The molecule has 1 unspecified atom stereocenters. The smallest absolute Gasteiger partial charge is 0.241 e. The van der Waals surface area contributed by atoms with Gasteiger partial charge in [0, 0.05) is 12.1 Å². The molecule has 0 spiro atoms. The second-order valence-electron chi connectivity index (χ2n) is 6.56. The van der Waals surface area contributed by atoms with Crippen LogP contribution in [0.15, 0.2) is 17.0 Å². The number of benzene rings is 1. The number of aryl methyl sites for hydroxylation is 2. The standard InChI is InChI=1S/C16H28N2O3S/c1-11(2)9-16(5,10-17)18-22(19,20)15-8-12(3)14(21-6)7-13(15)4/h7-8,11,18H,9-10,17H2,1-6H3. The van der Waals surface area contributed by atoms with E-state index in [0.717, 1.165) is 5.56 Å². The molecule has 0 saturated carbocycles. The highest BCUT2D eigenvalue weighted by atomic mass is 32.2. The van der Waals surface area contributed by atoms with E-state index in [1.54, 1.807) is 26.2 Å². The number of methoxy groups -OCH3 is 1. The minimum atomic E-state index is -3.64. The molecule has 0 aliphatic rings. The Kier molecular flexibility index (Phi) is 6.01. The molecule has 0 amide bonds. The SMILES string of the molecule is COc1cc(C)c(S(=O)(=O)NC(C)(CN)CC(C)C)cc1C. The minimum absolute atomic E-state index is 0.249. The molecule has 0 radical (unpaired) electrons. The van der Waals surface area contributed by atoms with E-state index < -0.39 is 15.6 Å². The van der Waals surface area contributed by atoms with Gasteiger partial charge in [-0.05, 0) is 56.4 Å². The van der Waals surface area contributed by atoms with Crippen LogP contribution in [0.2, 0.25) is 0 Å². The third kappa shape index (κ3) is 4.44. The lowest BCUT2D eigenvalue weighted by atomic mass is 9.92. The molecular formula is C16H28N2O3S. The summed E-state index contributed by atoms with van der Waals surface area (Å²) in [6, 6.07) is 3.38. The van der Waals surface area contributed by atoms with E-state index in [-0.39, 0.29) is 11.4 Å². The van der Waals surface area contributed by atoms with Crippen LogP contribution in [0.3, 0.4) is 0 Å². The van der Waals surface area contributed by atoms with Crippen LogP contribution in [0, 0.1) is 19.8 Å². The third-order valence-electron chi connectivity index (χ3n) is 3.67. The molecule has 1 aromatic carbocycles. The van der Waals surface area contributed by atoms with E-state index in [1.165, 1.54) is 0 Å². The van der Waals surface area contributed by atoms with Crippen molar-refractivity contribution in [1.82, 2.24) is 4.72 Å². The molecule has 6 heteroatoms. The fraction of sp³-hybridized carbons (Fsp3) is 0.625. The first kappa shape index (κ1) is 18.9. The largest absolute Gasteiger partial charge is 0.496 e. The van der Waals surface area contributed by atoms with Crippen LogP contribution in [0.4, 0.5) is 0 Å². The lowest BCUT2D eigenvalue weighted by Crippen LogP contribution is -2.52. The maximum absolute atomic E-state index is 12.8. The van der Waals surface area contributed by atoms with E-state index in [0.29, 0.717) is 23.7 Å².